The van der Waals surface area contributed by atoms with Crippen molar-refractivity contribution in [3.05, 3.63) is 34.5 Å². The van der Waals surface area contributed by atoms with Crippen LogP contribution in [0.15, 0.2) is 18.2 Å². The molecule has 0 bridgehead atoms. The highest BCUT2D eigenvalue weighted by Crippen LogP contribution is 2.38. The lowest BCUT2D eigenvalue weighted by atomic mass is 10.1. The number of piperazine rings is 1. The zero-order chi connectivity index (χ0) is 15.9. The van der Waals surface area contributed by atoms with E-state index in [2.05, 4.69) is 10.3 Å². The average Bonchev–Trinajstić information content (AvgIpc) is 2.48. The number of pyridine rings is 1. The lowest BCUT2D eigenvalue weighted by Crippen LogP contribution is -2.43. The van der Waals surface area contributed by atoms with Gasteiger partial charge in [-0.3, -0.25) is 4.98 Å². The summed E-state index contributed by atoms with van der Waals surface area (Å²) >= 11 is 6.37. The molecule has 1 fully saturated rings. The maximum Gasteiger partial charge on any atom is 0.416 e. The SMILES string of the molecule is Cc1nc2ccc(C(F)(F)F)cc2c(N2CCNCC2)c1Cl. The molecule has 2 aromatic rings. The molecule has 3 rings (SSSR count). The third kappa shape index (κ3) is 2.73. The smallest absolute Gasteiger partial charge is 0.367 e. The first-order valence-corrected chi connectivity index (χ1v) is 7.38. The summed E-state index contributed by atoms with van der Waals surface area (Å²) in [6, 6.07) is 3.61. The zero-order valence-electron chi connectivity index (χ0n) is 12.0. The van der Waals surface area contributed by atoms with Crippen LogP contribution in [-0.2, 0) is 6.18 Å². The van der Waals surface area contributed by atoms with E-state index in [0.29, 0.717) is 40.4 Å². The van der Waals surface area contributed by atoms with E-state index >= 15 is 0 Å². The molecule has 1 saturated heterocycles. The minimum Gasteiger partial charge on any atom is -0.367 e. The molecule has 1 aromatic heterocycles. The van der Waals surface area contributed by atoms with Gasteiger partial charge in [-0.15, -0.1) is 0 Å². The Morgan fingerprint density at radius 1 is 1.23 bits per heavy atom. The molecular weight excluding hydrogens is 315 g/mol. The summed E-state index contributed by atoms with van der Waals surface area (Å²) in [6.45, 7) is 4.73. The molecule has 2 heterocycles. The number of fused-ring (bicyclic) bond motifs is 1. The Bertz CT molecular complexity index is 709. The van der Waals surface area contributed by atoms with Crippen LogP contribution in [0.25, 0.3) is 10.9 Å². The Labute approximate surface area is 131 Å². The van der Waals surface area contributed by atoms with E-state index in [1.54, 1.807) is 6.92 Å². The van der Waals surface area contributed by atoms with Crippen LogP contribution < -0.4 is 10.2 Å². The molecule has 7 heteroatoms. The van der Waals surface area contributed by atoms with Crippen molar-refractivity contribution in [1.29, 1.82) is 0 Å². The number of aryl methyl sites for hydroxylation is 1. The molecule has 0 radical (unpaired) electrons. The van der Waals surface area contributed by atoms with Gasteiger partial charge in [0, 0.05) is 31.6 Å². The number of halogens is 4. The van der Waals surface area contributed by atoms with Gasteiger partial charge in [0.25, 0.3) is 0 Å². The zero-order valence-corrected chi connectivity index (χ0v) is 12.7. The van der Waals surface area contributed by atoms with Gasteiger partial charge in [-0.2, -0.15) is 13.2 Å². The maximum atomic E-state index is 13.0. The van der Waals surface area contributed by atoms with Crippen LogP contribution in [0, 0.1) is 6.92 Å². The highest BCUT2D eigenvalue weighted by Gasteiger charge is 2.31. The fraction of sp³-hybridized carbons (Fsp3) is 0.400. The first-order chi connectivity index (χ1) is 10.4. The topological polar surface area (TPSA) is 28.2 Å². The number of aromatic nitrogens is 1. The summed E-state index contributed by atoms with van der Waals surface area (Å²) < 4.78 is 39.0. The number of anilines is 1. The summed E-state index contributed by atoms with van der Waals surface area (Å²) in [5.41, 5.74) is 1.13. The van der Waals surface area contributed by atoms with Crippen LogP contribution in [0.2, 0.25) is 5.02 Å². The number of hydrogen-bond acceptors (Lipinski definition) is 3. The first kappa shape index (κ1) is 15.4. The van der Waals surface area contributed by atoms with Crippen molar-refractivity contribution < 1.29 is 13.2 Å². The van der Waals surface area contributed by atoms with Crippen LogP contribution in [0.4, 0.5) is 18.9 Å². The molecule has 0 atom stereocenters. The van der Waals surface area contributed by atoms with Crippen LogP contribution in [0.5, 0.6) is 0 Å². The molecule has 0 saturated carbocycles. The van der Waals surface area contributed by atoms with Crippen molar-refractivity contribution in [1.82, 2.24) is 10.3 Å². The van der Waals surface area contributed by atoms with E-state index in [1.807, 2.05) is 4.90 Å². The van der Waals surface area contributed by atoms with Gasteiger partial charge >= 0.3 is 6.18 Å². The third-order valence-electron chi connectivity index (χ3n) is 3.83. The van der Waals surface area contributed by atoms with Crippen molar-refractivity contribution in [2.45, 2.75) is 13.1 Å². The number of nitrogens with zero attached hydrogens (tertiary/aromatic N) is 2. The quantitative estimate of drug-likeness (QED) is 0.866. The lowest BCUT2D eigenvalue weighted by Gasteiger charge is -2.31. The van der Waals surface area contributed by atoms with Gasteiger partial charge in [0.15, 0.2) is 0 Å². The standard InChI is InChI=1S/C15H15ClF3N3/c1-9-13(16)14(22-6-4-20-5-7-22)11-8-10(15(17,18)19)2-3-12(11)21-9/h2-3,8,20H,4-7H2,1H3. The van der Waals surface area contributed by atoms with Gasteiger partial charge in [0.2, 0.25) is 0 Å². The van der Waals surface area contributed by atoms with Gasteiger partial charge in [0.05, 0.1) is 27.5 Å². The van der Waals surface area contributed by atoms with E-state index in [1.165, 1.54) is 6.07 Å². The monoisotopic (exact) mass is 329 g/mol. The molecule has 118 valence electrons. The molecule has 1 aliphatic rings. The van der Waals surface area contributed by atoms with Crippen LogP contribution in [-0.4, -0.2) is 31.2 Å². The maximum absolute atomic E-state index is 13.0. The molecule has 22 heavy (non-hydrogen) atoms. The second-order valence-corrected chi connectivity index (χ2v) is 5.70. The average molecular weight is 330 g/mol. The van der Waals surface area contributed by atoms with Gasteiger partial charge in [0.1, 0.15) is 0 Å². The summed E-state index contributed by atoms with van der Waals surface area (Å²) in [5, 5.41) is 4.10. The number of alkyl halides is 3. The van der Waals surface area contributed by atoms with Crippen molar-refractivity contribution in [2.24, 2.45) is 0 Å². The van der Waals surface area contributed by atoms with E-state index < -0.39 is 11.7 Å². The van der Waals surface area contributed by atoms with Crippen LogP contribution in [0.1, 0.15) is 11.3 Å². The Balaban J connectivity index is 2.23. The molecule has 0 spiro atoms. The second kappa shape index (κ2) is 5.59. The van der Waals surface area contributed by atoms with Crippen molar-refractivity contribution in [3.63, 3.8) is 0 Å². The normalized spacial score (nSPS) is 16.3. The number of benzene rings is 1. The number of rotatable bonds is 1. The summed E-state index contributed by atoms with van der Waals surface area (Å²) in [5.74, 6) is 0. The van der Waals surface area contributed by atoms with Gasteiger partial charge in [-0.25, -0.2) is 0 Å². The van der Waals surface area contributed by atoms with Crippen LogP contribution in [0.3, 0.4) is 0 Å². The largest absolute Gasteiger partial charge is 0.416 e. The highest BCUT2D eigenvalue weighted by molar-refractivity contribution is 6.35. The fourth-order valence-electron chi connectivity index (χ4n) is 2.72. The fourth-order valence-corrected chi connectivity index (χ4v) is 2.98. The van der Waals surface area contributed by atoms with Gasteiger partial charge in [-0.05, 0) is 25.1 Å². The van der Waals surface area contributed by atoms with E-state index in [0.717, 1.165) is 25.2 Å². The molecule has 0 amide bonds. The molecule has 1 aromatic carbocycles. The van der Waals surface area contributed by atoms with Crippen molar-refractivity contribution >= 4 is 28.2 Å². The Hall–Kier alpha value is -1.53. The van der Waals surface area contributed by atoms with Crippen LogP contribution >= 0.6 is 11.6 Å². The third-order valence-corrected chi connectivity index (χ3v) is 4.28. The Morgan fingerprint density at radius 2 is 1.91 bits per heavy atom. The van der Waals surface area contributed by atoms with E-state index in [4.69, 9.17) is 11.6 Å². The number of nitrogens with one attached hydrogen (secondary N) is 1. The second-order valence-electron chi connectivity index (χ2n) is 5.33. The summed E-state index contributed by atoms with van der Waals surface area (Å²) in [4.78, 5) is 6.34. The van der Waals surface area contributed by atoms with E-state index in [9.17, 15) is 13.2 Å². The lowest BCUT2D eigenvalue weighted by molar-refractivity contribution is -0.137. The van der Waals surface area contributed by atoms with E-state index in [-0.39, 0.29) is 0 Å². The predicted octanol–water partition coefficient (Wildman–Crippen LogP) is 3.63. The molecule has 0 aliphatic carbocycles. The minimum absolute atomic E-state index is 0.425. The number of hydrogen-bond donors (Lipinski definition) is 1. The predicted molar refractivity (Wildman–Crippen MR) is 81.6 cm³/mol. The van der Waals surface area contributed by atoms with Crippen molar-refractivity contribution in [2.75, 3.05) is 31.1 Å². The minimum atomic E-state index is -4.38. The molecular formula is C15H15ClF3N3. The highest BCUT2D eigenvalue weighted by atomic mass is 35.5. The molecule has 1 N–H and O–H groups in total. The first-order valence-electron chi connectivity index (χ1n) is 7.00. The Kier molecular flexibility index (Phi) is 3.91. The molecule has 0 unspecified atom stereocenters. The Morgan fingerprint density at radius 3 is 2.55 bits per heavy atom. The molecule has 3 nitrogen and oxygen atoms in total. The van der Waals surface area contributed by atoms with Gasteiger partial charge < -0.3 is 10.2 Å². The summed E-state index contributed by atoms with van der Waals surface area (Å²) in [7, 11) is 0. The molecule has 1 aliphatic heterocycles. The van der Waals surface area contributed by atoms with Gasteiger partial charge in [-0.1, -0.05) is 11.6 Å². The van der Waals surface area contributed by atoms with Crippen molar-refractivity contribution in [3.8, 4) is 0 Å². The summed E-state index contributed by atoms with van der Waals surface area (Å²) in [6.07, 6.45) is -4.38.